The van der Waals surface area contributed by atoms with Gasteiger partial charge in [0.25, 0.3) is 0 Å². The van der Waals surface area contributed by atoms with E-state index >= 15 is 0 Å². The summed E-state index contributed by atoms with van der Waals surface area (Å²) in [5.74, 6) is 0.483. The van der Waals surface area contributed by atoms with Gasteiger partial charge < -0.3 is 9.47 Å². The van der Waals surface area contributed by atoms with Crippen molar-refractivity contribution in [3.63, 3.8) is 0 Å². The number of para-hydroxylation sites is 2. The molecule has 0 aliphatic carbocycles. The molecule has 2 atom stereocenters. The molecule has 1 heterocycles. The third-order valence-corrected chi connectivity index (χ3v) is 3.97. The van der Waals surface area contributed by atoms with E-state index in [0.717, 1.165) is 7.28 Å². The largest absolute Gasteiger partial charge is 0.450 e. The second kappa shape index (κ2) is 8.23. The second-order valence-electron chi connectivity index (χ2n) is 5.93. The molecule has 128 valence electrons. The van der Waals surface area contributed by atoms with Gasteiger partial charge in [-0.1, -0.05) is 36.4 Å². The molecule has 0 spiro atoms. The minimum atomic E-state index is -0.473. The maximum atomic E-state index is 11.7. The van der Waals surface area contributed by atoms with E-state index in [1.54, 1.807) is 24.3 Å². The molecule has 6 nitrogen and oxygen atoms in total. The van der Waals surface area contributed by atoms with Gasteiger partial charge >= 0.3 is 12.2 Å². The summed E-state index contributed by atoms with van der Waals surface area (Å²) in [7, 11) is 0.886. The normalized spacial score (nSPS) is 17.8. The van der Waals surface area contributed by atoms with Crippen LogP contribution in [0.15, 0.2) is 60.7 Å². The van der Waals surface area contributed by atoms with E-state index in [1.807, 2.05) is 36.4 Å². The van der Waals surface area contributed by atoms with Gasteiger partial charge in [-0.2, -0.15) is 0 Å². The van der Waals surface area contributed by atoms with Crippen molar-refractivity contribution in [2.75, 3.05) is 23.8 Å². The van der Waals surface area contributed by atoms with Crippen molar-refractivity contribution in [3.8, 4) is 0 Å². The van der Waals surface area contributed by atoms with Crippen molar-refractivity contribution in [3.05, 3.63) is 60.7 Å². The Hall–Kier alpha value is -2.96. The average molecular weight is 338 g/mol. The number of nitrogens with one attached hydrogen (secondary N) is 2. The molecule has 1 saturated heterocycles. The molecule has 1 aliphatic rings. The van der Waals surface area contributed by atoms with Gasteiger partial charge in [0.15, 0.2) is 0 Å². The summed E-state index contributed by atoms with van der Waals surface area (Å²) < 4.78 is 10.4. The molecule has 7 heteroatoms. The zero-order valence-corrected chi connectivity index (χ0v) is 13.7. The van der Waals surface area contributed by atoms with Crippen molar-refractivity contribution in [1.29, 1.82) is 0 Å². The number of hydrogen-bond donors (Lipinski definition) is 2. The lowest BCUT2D eigenvalue weighted by molar-refractivity contribution is 0.151. The average Bonchev–Trinajstić information content (AvgIpc) is 3.39. The molecule has 0 aromatic heterocycles. The number of amides is 2. The highest BCUT2D eigenvalue weighted by Gasteiger charge is 2.40. The van der Waals surface area contributed by atoms with E-state index in [2.05, 4.69) is 10.6 Å². The molecular weight excluding hydrogens is 319 g/mol. The molecule has 2 aromatic rings. The van der Waals surface area contributed by atoms with E-state index in [0.29, 0.717) is 24.6 Å². The van der Waals surface area contributed by atoms with Gasteiger partial charge in [0.2, 0.25) is 0 Å². The monoisotopic (exact) mass is 338 g/mol. The molecule has 2 amide bonds. The number of carbonyl (C=O) groups is 2. The molecular formula is C18H19BN2O4. The van der Waals surface area contributed by atoms with E-state index in [4.69, 9.17) is 9.47 Å². The fraction of sp³-hybridized carbons (Fsp3) is 0.222. The smallest absolute Gasteiger partial charge is 0.411 e. The number of hydrogen-bond acceptors (Lipinski definition) is 4. The van der Waals surface area contributed by atoms with Crippen LogP contribution in [-0.2, 0) is 9.47 Å². The minimum Gasteiger partial charge on any atom is -0.450 e. The van der Waals surface area contributed by atoms with Gasteiger partial charge in [0, 0.05) is 11.4 Å². The molecule has 0 radical (unpaired) electrons. The predicted octanol–water partition coefficient (Wildman–Crippen LogP) is 3.51. The van der Waals surface area contributed by atoms with Crippen molar-refractivity contribution < 1.29 is 19.1 Å². The lowest BCUT2D eigenvalue weighted by Gasteiger charge is -2.08. The van der Waals surface area contributed by atoms with Crippen LogP contribution in [0, 0.1) is 0 Å². The molecule has 0 bridgehead atoms. The standard InChI is InChI=1S/C18H19BN2O4/c22-17(20-13-7-3-1-4-8-13)24-11-15-16(19-15)12-25-18(23)21-14-9-5-2-6-10-14/h1-10,15-16,19H,11-12H2,(H,20,22)(H,21,23). The van der Waals surface area contributed by atoms with Crippen LogP contribution in [0.2, 0.25) is 11.6 Å². The van der Waals surface area contributed by atoms with Gasteiger partial charge in [-0.25, -0.2) is 9.59 Å². The zero-order valence-electron chi connectivity index (χ0n) is 13.7. The van der Waals surface area contributed by atoms with Crippen molar-refractivity contribution in [2.45, 2.75) is 11.6 Å². The van der Waals surface area contributed by atoms with E-state index in [-0.39, 0.29) is 11.6 Å². The molecule has 0 saturated carbocycles. The molecule has 2 aromatic carbocycles. The SMILES string of the molecule is O=C(Nc1ccccc1)OCC1BC1COC(=O)Nc1ccccc1. The highest BCUT2D eigenvalue weighted by atomic mass is 16.6. The maximum Gasteiger partial charge on any atom is 0.411 e. The molecule has 2 unspecified atom stereocenters. The molecule has 1 aliphatic heterocycles. The van der Waals surface area contributed by atoms with Gasteiger partial charge in [-0.15, -0.1) is 0 Å². The van der Waals surface area contributed by atoms with Crippen LogP contribution in [0.3, 0.4) is 0 Å². The topological polar surface area (TPSA) is 76.7 Å². The predicted molar refractivity (Wildman–Crippen MR) is 97.5 cm³/mol. The van der Waals surface area contributed by atoms with E-state index in [1.165, 1.54) is 0 Å². The van der Waals surface area contributed by atoms with Crippen LogP contribution in [0.4, 0.5) is 21.0 Å². The van der Waals surface area contributed by atoms with Crippen molar-refractivity contribution in [1.82, 2.24) is 0 Å². The van der Waals surface area contributed by atoms with Crippen LogP contribution >= 0.6 is 0 Å². The number of carbonyl (C=O) groups excluding carboxylic acids is 2. The van der Waals surface area contributed by atoms with Crippen LogP contribution < -0.4 is 10.6 Å². The summed E-state index contributed by atoms with van der Waals surface area (Å²) >= 11 is 0. The third kappa shape index (κ3) is 5.56. The first kappa shape index (κ1) is 16.9. The first-order valence-corrected chi connectivity index (χ1v) is 8.18. The fourth-order valence-electron chi connectivity index (χ4n) is 2.43. The summed E-state index contributed by atoms with van der Waals surface area (Å²) in [5.41, 5.74) is 1.39. The molecule has 3 rings (SSSR count). The Morgan fingerprint density at radius 2 is 1.16 bits per heavy atom. The van der Waals surface area contributed by atoms with Gasteiger partial charge in [0.1, 0.15) is 7.28 Å². The van der Waals surface area contributed by atoms with Crippen LogP contribution in [-0.4, -0.2) is 32.7 Å². The summed E-state index contributed by atoms with van der Waals surface area (Å²) in [5, 5.41) is 5.32. The second-order valence-corrected chi connectivity index (χ2v) is 5.93. The van der Waals surface area contributed by atoms with Gasteiger partial charge in [-0.3, -0.25) is 10.6 Å². The number of ether oxygens (including phenoxy) is 2. The maximum absolute atomic E-state index is 11.7. The lowest BCUT2D eigenvalue weighted by atomic mass is 10.0. The van der Waals surface area contributed by atoms with Crippen LogP contribution in [0.5, 0.6) is 0 Å². The number of anilines is 2. The van der Waals surface area contributed by atoms with E-state index < -0.39 is 12.2 Å². The Kier molecular flexibility index (Phi) is 5.56. The Morgan fingerprint density at radius 3 is 1.56 bits per heavy atom. The molecule has 1 fully saturated rings. The quantitative estimate of drug-likeness (QED) is 0.790. The summed E-state index contributed by atoms with van der Waals surface area (Å²) in [6, 6.07) is 18.3. The number of benzene rings is 2. The van der Waals surface area contributed by atoms with Gasteiger partial charge in [0.05, 0.1) is 13.2 Å². The third-order valence-electron chi connectivity index (χ3n) is 3.97. The summed E-state index contributed by atoms with van der Waals surface area (Å²) in [4.78, 5) is 23.4. The van der Waals surface area contributed by atoms with Crippen molar-refractivity contribution >= 4 is 30.8 Å². The highest BCUT2D eigenvalue weighted by molar-refractivity contribution is 6.54. The first-order valence-electron chi connectivity index (χ1n) is 8.18. The Morgan fingerprint density at radius 1 is 0.760 bits per heavy atom. The van der Waals surface area contributed by atoms with E-state index in [9.17, 15) is 9.59 Å². The molecule has 2 N–H and O–H groups in total. The number of rotatable bonds is 6. The highest BCUT2D eigenvalue weighted by Crippen LogP contribution is 2.41. The summed E-state index contributed by atoms with van der Waals surface area (Å²) in [6.07, 6.45) is -0.945. The Balaban J connectivity index is 1.29. The lowest BCUT2D eigenvalue weighted by Crippen LogP contribution is -2.15. The Bertz CT molecular complexity index is 650. The van der Waals surface area contributed by atoms with Crippen molar-refractivity contribution in [2.24, 2.45) is 0 Å². The van der Waals surface area contributed by atoms with Gasteiger partial charge in [-0.05, 0) is 35.9 Å². The Labute approximate surface area is 146 Å². The van der Waals surface area contributed by atoms with Crippen LogP contribution in [0.25, 0.3) is 0 Å². The van der Waals surface area contributed by atoms with Crippen LogP contribution in [0.1, 0.15) is 0 Å². The fourth-order valence-corrected chi connectivity index (χ4v) is 2.43. The molecule has 25 heavy (non-hydrogen) atoms. The first-order chi connectivity index (χ1) is 12.2. The minimum absolute atomic E-state index is 0.242. The summed E-state index contributed by atoms with van der Waals surface area (Å²) in [6.45, 7) is 0.653. The zero-order chi connectivity index (χ0) is 17.5.